The smallest absolute Gasteiger partial charge is 0.336 e. The third kappa shape index (κ3) is 2.03. The molecular formula is C12H16O4. The molecule has 4 heteroatoms. The summed E-state index contributed by atoms with van der Waals surface area (Å²) < 4.78 is 16.3. The first kappa shape index (κ1) is 11.4. The average Bonchev–Trinajstić information content (AvgIpc) is 2.51. The average molecular weight is 224 g/mol. The molecule has 1 heterocycles. The second-order valence-corrected chi connectivity index (χ2v) is 4.25. The van der Waals surface area contributed by atoms with Crippen LogP contribution in [-0.2, 0) is 19.0 Å². The highest BCUT2D eigenvalue weighted by Crippen LogP contribution is 2.34. The van der Waals surface area contributed by atoms with Gasteiger partial charge >= 0.3 is 5.97 Å². The van der Waals surface area contributed by atoms with E-state index in [9.17, 15) is 4.79 Å². The van der Waals surface area contributed by atoms with Crippen molar-refractivity contribution in [2.75, 3.05) is 6.61 Å². The van der Waals surface area contributed by atoms with Gasteiger partial charge in [-0.3, -0.25) is 0 Å². The third-order valence-electron chi connectivity index (χ3n) is 2.52. The van der Waals surface area contributed by atoms with Crippen LogP contribution in [0.4, 0.5) is 0 Å². The summed E-state index contributed by atoms with van der Waals surface area (Å²) in [5.41, 5.74) is 0.528. The predicted molar refractivity (Wildman–Crippen MR) is 57.7 cm³/mol. The van der Waals surface area contributed by atoms with Crippen LogP contribution in [0.5, 0.6) is 0 Å². The molecule has 0 aromatic rings. The number of fused-ring (bicyclic) bond motifs is 1. The number of carbonyl (C=O) groups is 1. The van der Waals surface area contributed by atoms with Gasteiger partial charge in [-0.1, -0.05) is 12.2 Å². The Morgan fingerprint density at radius 1 is 1.50 bits per heavy atom. The van der Waals surface area contributed by atoms with Crippen LogP contribution in [0.1, 0.15) is 20.8 Å². The standard InChI is InChI=1S/C12H16O4/c1-4-14-11(13)8-6-5-7-9-10(8)16-12(2,3)15-9/h5-7,9-10H,4H2,1-3H3. The maximum atomic E-state index is 11.7. The first-order valence-electron chi connectivity index (χ1n) is 5.44. The normalized spacial score (nSPS) is 30.8. The molecule has 2 rings (SSSR count). The van der Waals surface area contributed by atoms with E-state index in [0.717, 1.165) is 0 Å². The van der Waals surface area contributed by atoms with Crippen molar-refractivity contribution in [2.24, 2.45) is 0 Å². The van der Waals surface area contributed by atoms with E-state index in [1.165, 1.54) is 0 Å². The molecule has 2 aliphatic rings. The lowest BCUT2D eigenvalue weighted by atomic mass is 9.99. The molecule has 0 radical (unpaired) electrons. The van der Waals surface area contributed by atoms with Gasteiger partial charge < -0.3 is 14.2 Å². The fourth-order valence-corrected chi connectivity index (χ4v) is 1.93. The van der Waals surface area contributed by atoms with Crippen molar-refractivity contribution >= 4 is 5.97 Å². The van der Waals surface area contributed by atoms with E-state index in [-0.39, 0.29) is 18.2 Å². The van der Waals surface area contributed by atoms with Crippen LogP contribution in [0.2, 0.25) is 0 Å². The maximum Gasteiger partial charge on any atom is 0.336 e. The molecule has 0 spiro atoms. The van der Waals surface area contributed by atoms with E-state index in [2.05, 4.69) is 0 Å². The van der Waals surface area contributed by atoms with E-state index in [0.29, 0.717) is 12.2 Å². The summed E-state index contributed by atoms with van der Waals surface area (Å²) in [7, 11) is 0. The van der Waals surface area contributed by atoms with Gasteiger partial charge in [0.05, 0.1) is 12.2 Å². The number of hydrogen-bond acceptors (Lipinski definition) is 4. The molecule has 1 saturated heterocycles. The number of allylic oxidation sites excluding steroid dienone is 2. The van der Waals surface area contributed by atoms with Crippen LogP contribution < -0.4 is 0 Å². The lowest BCUT2D eigenvalue weighted by Gasteiger charge is -2.19. The van der Waals surface area contributed by atoms with Crippen molar-refractivity contribution < 1.29 is 19.0 Å². The van der Waals surface area contributed by atoms with Crippen LogP contribution in [-0.4, -0.2) is 30.6 Å². The Balaban J connectivity index is 2.18. The molecule has 2 unspecified atom stereocenters. The minimum Gasteiger partial charge on any atom is -0.463 e. The topological polar surface area (TPSA) is 44.8 Å². The maximum absolute atomic E-state index is 11.7. The van der Waals surface area contributed by atoms with Crippen LogP contribution in [0.15, 0.2) is 23.8 Å². The first-order chi connectivity index (χ1) is 7.53. The molecule has 2 atom stereocenters. The summed E-state index contributed by atoms with van der Waals surface area (Å²) in [6.45, 7) is 5.82. The SMILES string of the molecule is CCOC(=O)C1=CC=CC2OC(C)(C)OC12. The number of hydrogen-bond donors (Lipinski definition) is 0. The van der Waals surface area contributed by atoms with Gasteiger partial charge in [-0.2, -0.15) is 0 Å². The van der Waals surface area contributed by atoms with Gasteiger partial charge in [-0.25, -0.2) is 4.79 Å². The molecule has 4 nitrogen and oxygen atoms in total. The highest BCUT2D eigenvalue weighted by molar-refractivity contribution is 5.90. The van der Waals surface area contributed by atoms with Gasteiger partial charge in [0.1, 0.15) is 12.2 Å². The second kappa shape index (κ2) is 4.03. The van der Waals surface area contributed by atoms with Gasteiger partial charge in [-0.05, 0) is 26.8 Å². The Kier molecular flexibility index (Phi) is 2.86. The fourth-order valence-electron chi connectivity index (χ4n) is 1.93. The molecule has 88 valence electrons. The highest BCUT2D eigenvalue weighted by Gasteiger charge is 2.44. The zero-order chi connectivity index (χ0) is 11.8. The number of carbonyl (C=O) groups excluding carboxylic acids is 1. The lowest BCUT2D eigenvalue weighted by Crippen LogP contribution is -2.30. The zero-order valence-electron chi connectivity index (χ0n) is 9.73. The molecule has 0 amide bonds. The fraction of sp³-hybridized carbons (Fsp3) is 0.583. The van der Waals surface area contributed by atoms with Gasteiger partial charge in [0.25, 0.3) is 0 Å². The van der Waals surface area contributed by atoms with Crippen LogP contribution in [0.25, 0.3) is 0 Å². The van der Waals surface area contributed by atoms with E-state index in [1.54, 1.807) is 19.1 Å². The summed E-state index contributed by atoms with van der Waals surface area (Å²) in [5.74, 6) is -0.988. The first-order valence-corrected chi connectivity index (χ1v) is 5.44. The molecule has 0 aromatic carbocycles. The third-order valence-corrected chi connectivity index (χ3v) is 2.52. The van der Waals surface area contributed by atoms with Gasteiger partial charge in [0.2, 0.25) is 0 Å². The van der Waals surface area contributed by atoms with E-state index in [1.807, 2.05) is 19.9 Å². The van der Waals surface area contributed by atoms with Gasteiger partial charge in [0, 0.05) is 0 Å². The van der Waals surface area contributed by atoms with Crippen molar-refractivity contribution in [1.29, 1.82) is 0 Å². The van der Waals surface area contributed by atoms with Crippen molar-refractivity contribution in [3.8, 4) is 0 Å². The Labute approximate surface area is 94.9 Å². The highest BCUT2D eigenvalue weighted by atomic mass is 16.8. The number of ether oxygens (including phenoxy) is 3. The molecule has 1 aliphatic carbocycles. The summed E-state index contributed by atoms with van der Waals surface area (Å²) >= 11 is 0. The van der Waals surface area contributed by atoms with Crippen molar-refractivity contribution in [2.45, 2.75) is 38.8 Å². The molecule has 0 aromatic heterocycles. The van der Waals surface area contributed by atoms with Crippen LogP contribution in [0.3, 0.4) is 0 Å². The molecule has 0 bridgehead atoms. The minimum absolute atomic E-state index is 0.195. The molecule has 1 aliphatic heterocycles. The van der Waals surface area contributed by atoms with Crippen molar-refractivity contribution in [3.05, 3.63) is 23.8 Å². The van der Waals surface area contributed by atoms with E-state index >= 15 is 0 Å². The summed E-state index contributed by atoms with van der Waals surface area (Å²) in [6.07, 6.45) is 4.88. The summed E-state index contributed by atoms with van der Waals surface area (Å²) in [6, 6.07) is 0. The van der Waals surface area contributed by atoms with Crippen LogP contribution in [0, 0.1) is 0 Å². The minimum atomic E-state index is -0.657. The Hall–Kier alpha value is -1.13. The zero-order valence-corrected chi connectivity index (χ0v) is 9.73. The van der Waals surface area contributed by atoms with Crippen molar-refractivity contribution in [1.82, 2.24) is 0 Å². The van der Waals surface area contributed by atoms with Crippen molar-refractivity contribution in [3.63, 3.8) is 0 Å². The number of rotatable bonds is 2. The number of esters is 1. The molecule has 0 saturated carbocycles. The predicted octanol–water partition coefficient (Wildman–Crippen LogP) is 1.57. The van der Waals surface area contributed by atoms with E-state index < -0.39 is 5.79 Å². The lowest BCUT2D eigenvalue weighted by molar-refractivity contribution is -0.146. The quantitative estimate of drug-likeness (QED) is 0.668. The molecule has 16 heavy (non-hydrogen) atoms. The Morgan fingerprint density at radius 2 is 2.25 bits per heavy atom. The largest absolute Gasteiger partial charge is 0.463 e. The summed E-state index contributed by atoms with van der Waals surface area (Å²) in [4.78, 5) is 11.7. The molecule has 0 N–H and O–H groups in total. The molecule has 1 fully saturated rings. The molecular weight excluding hydrogens is 208 g/mol. The van der Waals surface area contributed by atoms with E-state index in [4.69, 9.17) is 14.2 Å². The van der Waals surface area contributed by atoms with Gasteiger partial charge in [-0.15, -0.1) is 0 Å². The Bertz CT molecular complexity index is 354. The van der Waals surface area contributed by atoms with Crippen LogP contribution >= 0.6 is 0 Å². The van der Waals surface area contributed by atoms with Gasteiger partial charge in [0.15, 0.2) is 5.79 Å². The monoisotopic (exact) mass is 224 g/mol. The Morgan fingerprint density at radius 3 is 2.94 bits per heavy atom. The summed E-state index contributed by atoms with van der Waals surface area (Å²) in [5, 5.41) is 0. The second-order valence-electron chi connectivity index (χ2n) is 4.25.